The van der Waals surface area contributed by atoms with E-state index in [9.17, 15) is 4.79 Å². The predicted molar refractivity (Wildman–Crippen MR) is 42.8 cm³/mol. The maximum Gasteiger partial charge on any atom is 0.317 e. The predicted octanol–water partition coefficient (Wildman–Crippen LogP) is -1.64. The summed E-state index contributed by atoms with van der Waals surface area (Å²) in [5.41, 5.74) is 10.2. The average molecular weight is 174 g/mol. The second kappa shape index (κ2) is 1.82. The number of rotatable bonds is 0. The van der Waals surface area contributed by atoms with E-state index in [1.165, 1.54) is 0 Å². The van der Waals surface area contributed by atoms with Crippen molar-refractivity contribution in [2.24, 2.45) is 11.5 Å². The first-order valence-corrected chi connectivity index (χ1v) is 4.47. The Balaban J connectivity index is 2.35. The Morgan fingerprint density at radius 2 is 1.73 bits per heavy atom. The lowest BCUT2D eigenvalue weighted by atomic mass is 10.0. The number of nitrogens with two attached hydrogens (primary N) is 2. The number of carbonyl (C=O) groups excluding carboxylic acids is 1. The highest BCUT2D eigenvalue weighted by Gasteiger charge is 2.57. The van der Waals surface area contributed by atoms with Gasteiger partial charge in [-0.25, -0.2) is 4.79 Å². The van der Waals surface area contributed by atoms with Gasteiger partial charge in [0, 0.05) is 11.5 Å². The van der Waals surface area contributed by atoms with Gasteiger partial charge in [0.25, 0.3) is 0 Å². The second-order valence-electron chi connectivity index (χ2n) is 3.01. The molecule has 6 N–H and O–H groups in total. The molecule has 0 aromatic heterocycles. The highest BCUT2D eigenvalue weighted by molar-refractivity contribution is 7.99. The first-order chi connectivity index (χ1) is 5.06. The van der Waals surface area contributed by atoms with Crippen molar-refractivity contribution in [3.8, 4) is 0 Å². The summed E-state index contributed by atoms with van der Waals surface area (Å²) in [5, 5.41) is 5.23. The van der Waals surface area contributed by atoms with Gasteiger partial charge >= 0.3 is 6.03 Å². The quantitative estimate of drug-likeness (QED) is 0.331. The summed E-state index contributed by atoms with van der Waals surface area (Å²) in [4.78, 5) is 10.9. The number of carbonyl (C=O) groups is 1. The monoisotopic (exact) mass is 174 g/mol. The molecule has 11 heavy (non-hydrogen) atoms. The molecule has 0 aromatic carbocycles. The molecule has 0 saturated carbocycles. The SMILES string of the molecule is NC12CSC[C@]1(N)NC(=O)N2. The van der Waals surface area contributed by atoms with Crippen molar-refractivity contribution >= 4 is 17.8 Å². The zero-order valence-corrected chi connectivity index (χ0v) is 6.70. The van der Waals surface area contributed by atoms with E-state index < -0.39 is 11.3 Å². The molecule has 2 heterocycles. The summed E-state index contributed by atoms with van der Waals surface area (Å²) >= 11 is 1.64. The molecule has 62 valence electrons. The van der Waals surface area contributed by atoms with E-state index in [4.69, 9.17) is 11.5 Å². The third-order valence-electron chi connectivity index (χ3n) is 2.13. The first kappa shape index (κ1) is 7.20. The Hall–Kier alpha value is -0.460. The summed E-state index contributed by atoms with van der Waals surface area (Å²) in [6.45, 7) is 0. The van der Waals surface area contributed by atoms with Crippen LogP contribution in [0.2, 0.25) is 0 Å². The largest absolute Gasteiger partial charge is 0.317 e. The average Bonchev–Trinajstić information content (AvgIpc) is 2.16. The van der Waals surface area contributed by atoms with Crippen molar-refractivity contribution in [3.05, 3.63) is 0 Å². The van der Waals surface area contributed by atoms with Crippen LogP contribution in [0.5, 0.6) is 0 Å². The summed E-state index contributed by atoms with van der Waals surface area (Å²) in [5.74, 6) is 1.34. The molecule has 2 rings (SSSR count). The minimum Gasteiger partial charge on any atom is -0.316 e. The van der Waals surface area contributed by atoms with Gasteiger partial charge < -0.3 is 22.1 Å². The maximum atomic E-state index is 10.9. The lowest BCUT2D eigenvalue weighted by Crippen LogP contribution is -2.70. The molecular weight excluding hydrogens is 164 g/mol. The van der Waals surface area contributed by atoms with Crippen LogP contribution in [0.4, 0.5) is 4.79 Å². The molecule has 0 aromatic rings. The van der Waals surface area contributed by atoms with Gasteiger partial charge in [0.1, 0.15) is 11.3 Å². The van der Waals surface area contributed by atoms with Crippen molar-refractivity contribution in [2.45, 2.75) is 11.3 Å². The molecule has 2 aliphatic rings. The van der Waals surface area contributed by atoms with Crippen molar-refractivity contribution in [3.63, 3.8) is 0 Å². The minimum atomic E-state index is -0.755. The molecule has 2 aliphatic heterocycles. The molecule has 2 saturated heterocycles. The lowest BCUT2D eigenvalue weighted by Gasteiger charge is -2.30. The Labute approximate surface area is 68.3 Å². The molecule has 2 atom stereocenters. The molecular formula is C5H10N4OS. The van der Waals surface area contributed by atoms with Crippen LogP contribution in [0.1, 0.15) is 0 Å². The zero-order chi connectivity index (χ0) is 8.11. The molecule has 1 unspecified atom stereocenters. The molecule has 0 radical (unpaired) electrons. The van der Waals surface area contributed by atoms with Gasteiger partial charge in [-0.1, -0.05) is 0 Å². The highest BCUT2D eigenvalue weighted by Crippen LogP contribution is 2.32. The van der Waals surface area contributed by atoms with E-state index in [1.54, 1.807) is 11.8 Å². The van der Waals surface area contributed by atoms with Gasteiger partial charge in [-0.05, 0) is 0 Å². The van der Waals surface area contributed by atoms with Crippen LogP contribution in [0.15, 0.2) is 0 Å². The van der Waals surface area contributed by atoms with Crippen LogP contribution >= 0.6 is 11.8 Å². The standard InChI is InChI=1S/C5H10N4OS/c6-4-1-11-2-5(4,7)9-3(10)8-4/h1-2,6-7H2,(H2,8,9,10)/t4-,5?/m0/s1. The Morgan fingerprint density at radius 1 is 1.27 bits per heavy atom. The van der Waals surface area contributed by atoms with E-state index in [0.29, 0.717) is 11.5 Å². The van der Waals surface area contributed by atoms with Gasteiger partial charge in [-0.3, -0.25) is 0 Å². The number of fused-ring (bicyclic) bond motifs is 1. The lowest BCUT2D eigenvalue weighted by molar-refractivity contribution is 0.245. The Bertz CT molecular complexity index is 203. The van der Waals surface area contributed by atoms with E-state index in [0.717, 1.165) is 0 Å². The summed E-state index contributed by atoms with van der Waals surface area (Å²) in [6.07, 6.45) is 0. The first-order valence-electron chi connectivity index (χ1n) is 3.32. The molecule has 5 nitrogen and oxygen atoms in total. The van der Waals surface area contributed by atoms with Crippen molar-refractivity contribution in [1.82, 2.24) is 10.6 Å². The topological polar surface area (TPSA) is 93.2 Å². The van der Waals surface area contributed by atoms with E-state index in [1.807, 2.05) is 0 Å². The summed E-state index contributed by atoms with van der Waals surface area (Å²) in [6, 6.07) is -0.268. The molecule has 6 heteroatoms. The molecule has 0 spiro atoms. The zero-order valence-electron chi connectivity index (χ0n) is 5.89. The Kier molecular flexibility index (Phi) is 1.19. The molecule has 2 amide bonds. The summed E-state index contributed by atoms with van der Waals surface area (Å²) < 4.78 is 0. The normalized spacial score (nSPS) is 48.4. The van der Waals surface area contributed by atoms with E-state index >= 15 is 0 Å². The van der Waals surface area contributed by atoms with Gasteiger partial charge in [0.15, 0.2) is 0 Å². The van der Waals surface area contributed by atoms with Crippen LogP contribution < -0.4 is 22.1 Å². The fourth-order valence-electron chi connectivity index (χ4n) is 1.36. The minimum absolute atomic E-state index is 0.268. The van der Waals surface area contributed by atoms with Crippen molar-refractivity contribution in [1.29, 1.82) is 0 Å². The Morgan fingerprint density at radius 3 is 2.18 bits per heavy atom. The van der Waals surface area contributed by atoms with Gasteiger partial charge in [-0.15, -0.1) is 0 Å². The fraction of sp³-hybridized carbons (Fsp3) is 0.800. The van der Waals surface area contributed by atoms with Crippen LogP contribution in [0, 0.1) is 0 Å². The van der Waals surface area contributed by atoms with Crippen LogP contribution in [-0.4, -0.2) is 28.9 Å². The number of urea groups is 1. The number of nitrogens with one attached hydrogen (secondary N) is 2. The van der Waals surface area contributed by atoms with E-state index in [2.05, 4.69) is 10.6 Å². The van der Waals surface area contributed by atoms with Gasteiger partial charge in [0.2, 0.25) is 0 Å². The molecule has 0 bridgehead atoms. The third kappa shape index (κ3) is 0.770. The van der Waals surface area contributed by atoms with Crippen LogP contribution in [-0.2, 0) is 0 Å². The van der Waals surface area contributed by atoms with Crippen LogP contribution in [0.25, 0.3) is 0 Å². The van der Waals surface area contributed by atoms with Gasteiger partial charge in [0.05, 0.1) is 0 Å². The van der Waals surface area contributed by atoms with Crippen molar-refractivity contribution in [2.75, 3.05) is 11.5 Å². The molecule has 0 aliphatic carbocycles. The maximum absolute atomic E-state index is 10.9. The number of hydrogen-bond acceptors (Lipinski definition) is 4. The summed E-state index contributed by atoms with van der Waals surface area (Å²) in [7, 11) is 0. The fourth-order valence-corrected chi connectivity index (χ4v) is 2.77. The van der Waals surface area contributed by atoms with E-state index in [-0.39, 0.29) is 6.03 Å². The number of amides is 2. The number of hydrogen-bond donors (Lipinski definition) is 4. The third-order valence-corrected chi connectivity index (χ3v) is 3.45. The number of thioether (sulfide) groups is 1. The van der Waals surface area contributed by atoms with Crippen LogP contribution in [0.3, 0.4) is 0 Å². The molecule has 2 fully saturated rings. The smallest absolute Gasteiger partial charge is 0.316 e. The van der Waals surface area contributed by atoms with Crippen molar-refractivity contribution < 1.29 is 4.79 Å². The highest BCUT2D eigenvalue weighted by atomic mass is 32.2. The van der Waals surface area contributed by atoms with Gasteiger partial charge in [-0.2, -0.15) is 11.8 Å². The second-order valence-corrected chi connectivity index (χ2v) is 4.00.